The molecule has 0 aliphatic carbocycles. The summed E-state index contributed by atoms with van der Waals surface area (Å²) in [6.07, 6.45) is 0. The Morgan fingerprint density at radius 1 is 1.27 bits per heavy atom. The van der Waals surface area contributed by atoms with Gasteiger partial charge >= 0.3 is 5.38 Å². The summed E-state index contributed by atoms with van der Waals surface area (Å²) in [5.41, 5.74) is -1.91. The minimum Gasteiger partial charge on any atom is -0.229 e. The highest BCUT2D eigenvalue weighted by atomic mass is 79.9. The van der Waals surface area contributed by atoms with E-state index in [1.165, 1.54) is 0 Å². The average molecular weight is 339 g/mol. The molecule has 0 N–H and O–H groups in total. The summed E-state index contributed by atoms with van der Waals surface area (Å²) >= 11 is 14.6. The van der Waals surface area contributed by atoms with E-state index < -0.39 is 20.7 Å². The van der Waals surface area contributed by atoms with E-state index in [4.69, 9.17) is 11.6 Å². The van der Waals surface area contributed by atoms with Crippen molar-refractivity contribution in [2.45, 2.75) is 20.7 Å². The topological polar surface area (TPSA) is 0 Å². The highest BCUT2D eigenvalue weighted by molar-refractivity contribution is 9.12. The summed E-state index contributed by atoms with van der Waals surface area (Å²) in [4.78, 5) is -2.76. The summed E-state index contributed by atoms with van der Waals surface area (Å²) in [5.74, 6) is 0. The molecule has 11 heavy (non-hydrogen) atoms. The monoisotopic (exact) mass is 336 g/mol. The van der Waals surface area contributed by atoms with Crippen LogP contribution >= 0.6 is 55.1 Å². The van der Waals surface area contributed by atoms with Gasteiger partial charge in [0.05, 0.1) is 4.83 Å². The van der Waals surface area contributed by atoms with Crippen molar-refractivity contribution < 1.29 is 13.2 Å². The molecule has 0 aliphatic rings. The second-order valence-electron chi connectivity index (χ2n) is 1.72. The first-order valence-electron chi connectivity index (χ1n) is 2.40. The Hall–Kier alpha value is 1.33. The van der Waals surface area contributed by atoms with Crippen LogP contribution in [0.1, 0.15) is 0 Å². The number of halogens is 7. The Kier molecular flexibility index (Phi) is 5.08. The third-order valence-corrected chi connectivity index (χ3v) is 4.75. The predicted molar refractivity (Wildman–Crippen MR) is 47.0 cm³/mol. The molecule has 0 rings (SSSR count). The van der Waals surface area contributed by atoms with Crippen molar-refractivity contribution in [3.63, 3.8) is 0 Å². The predicted octanol–water partition coefficient (Wildman–Crippen LogP) is 3.88. The molecule has 0 saturated carbocycles. The van der Waals surface area contributed by atoms with Crippen LogP contribution in [0.4, 0.5) is 13.2 Å². The van der Waals surface area contributed by atoms with E-state index in [1.54, 1.807) is 0 Å². The van der Waals surface area contributed by atoms with Crippen molar-refractivity contribution in [2.24, 2.45) is 0 Å². The van der Waals surface area contributed by atoms with Crippen molar-refractivity contribution in [3.05, 3.63) is 0 Å². The Labute approximate surface area is 88.7 Å². The Balaban J connectivity index is 4.13. The van der Waals surface area contributed by atoms with Crippen molar-refractivity contribution in [1.82, 2.24) is 0 Å². The number of rotatable bonds is 3. The van der Waals surface area contributed by atoms with E-state index in [0.29, 0.717) is 0 Å². The Morgan fingerprint density at radius 2 is 1.64 bits per heavy atom. The zero-order valence-electron chi connectivity index (χ0n) is 4.88. The summed E-state index contributed by atoms with van der Waals surface area (Å²) in [6.45, 7) is 0. The minimum atomic E-state index is -3.52. The average Bonchev–Trinajstić information content (AvgIpc) is 1.82. The van der Waals surface area contributed by atoms with E-state index in [1.807, 2.05) is 0 Å². The van der Waals surface area contributed by atoms with Crippen LogP contribution < -0.4 is 0 Å². The van der Waals surface area contributed by atoms with Crippen molar-refractivity contribution in [2.75, 3.05) is 0 Å². The van der Waals surface area contributed by atoms with Crippen LogP contribution in [0.3, 0.4) is 0 Å². The van der Waals surface area contributed by atoms with Gasteiger partial charge in [0.1, 0.15) is 4.83 Å². The molecule has 0 fully saturated rings. The lowest BCUT2D eigenvalue weighted by molar-refractivity contribution is 0.0912. The fourth-order valence-corrected chi connectivity index (χ4v) is 1.52. The lowest BCUT2D eigenvalue weighted by atomic mass is 10.3. The van der Waals surface area contributed by atoms with Crippen molar-refractivity contribution >= 4 is 55.1 Å². The molecule has 3 unspecified atom stereocenters. The maximum atomic E-state index is 12.2. The normalized spacial score (nSPS) is 21.0. The quantitative estimate of drug-likeness (QED) is 0.685. The molecule has 0 spiro atoms. The second kappa shape index (κ2) is 4.53. The fraction of sp³-hybridized carbons (Fsp3) is 1.00. The minimum absolute atomic E-state index is 1.23. The van der Waals surface area contributed by atoms with Gasteiger partial charge in [-0.3, -0.25) is 0 Å². The van der Waals surface area contributed by atoms with Crippen molar-refractivity contribution in [3.8, 4) is 0 Å². The molecule has 0 radical (unpaired) electrons. The van der Waals surface area contributed by atoms with E-state index in [0.717, 1.165) is 0 Å². The molecule has 0 aromatic heterocycles. The molecule has 0 nitrogen and oxygen atoms in total. The molecule has 0 aromatic carbocycles. The maximum absolute atomic E-state index is 12.2. The SMILES string of the molecule is FC(Cl)C(Br)C(Br)C(F)(F)Cl. The first kappa shape index (κ1) is 12.3. The lowest BCUT2D eigenvalue weighted by Crippen LogP contribution is -2.34. The standard InChI is InChI=1S/C4H3Br2Cl2F3/c5-1(3(7)9)2(6)4(8,10)11/h1-3H. The van der Waals surface area contributed by atoms with Gasteiger partial charge in [0.15, 0.2) is 5.63 Å². The van der Waals surface area contributed by atoms with Crippen LogP contribution in [-0.2, 0) is 0 Å². The van der Waals surface area contributed by atoms with Gasteiger partial charge in [-0.15, -0.1) is 0 Å². The molecule has 0 aromatic rings. The molecule has 7 heteroatoms. The summed E-state index contributed by atoms with van der Waals surface area (Å²) < 4.78 is 36.6. The van der Waals surface area contributed by atoms with Crippen LogP contribution in [0.2, 0.25) is 0 Å². The van der Waals surface area contributed by atoms with Crippen LogP contribution in [0.25, 0.3) is 0 Å². The number of hydrogen-bond donors (Lipinski definition) is 0. The van der Waals surface area contributed by atoms with Gasteiger partial charge in [0.2, 0.25) is 0 Å². The largest absolute Gasteiger partial charge is 0.335 e. The zero-order chi connectivity index (χ0) is 9.23. The highest BCUT2D eigenvalue weighted by Gasteiger charge is 2.42. The zero-order valence-corrected chi connectivity index (χ0v) is 9.56. The number of hydrogen-bond acceptors (Lipinski definition) is 0. The second-order valence-corrected chi connectivity index (χ2v) is 4.69. The Bertz CT molecular complexity index is 127. The van der Waals surface area contributed by atoms with Gasteiger partial charge in [-0.25, -0.2) is 4.39 Å². The molecule has 0 amide bonds. The summed E-state index contributed by atoms with van der Waals surface area (Å²) in [6, 6.07) is 0. The van der Waals surface area contributed by atoms with E-state index in [-0.39, 0.29) is 0 Å². The third-order valence-electron chi connectivity index (χ3n) is 0.833. The molecular weight excluding hydrogens is 336 g/mol. The molecular formula is C4H3Br2Cl2F3. The molecule has 0 heterocycles. The molecule has 0 bridgehead atoms. The molecule has 0 saturated heterocycles. The van der Waals surface area contributed by atoms with Crippen LogP contribution in [0.5, 0.6) is 0 Å². The van der Waals surface area contributed by atoms with E-state index in [9.17, 15) is 13.2 Å². The van der Waals surface area contributed by atoms with Gasteiger partial charge in [-0.2, -0.15) is 8.78 Å². The molecule has 68 valence electrons. The number of alkyl halides is 7. The molecule has 3 atom stereocenters. The van der Waals surface area contributed by atoms with Gasteiger partial charge in [0, 0.05) is 0 Å². The van der Waals surface area contributed by atoms with Crippen LogP contribution in [-0.4, -0.2) is 20.7 Å². The maximum Gasteiger partial charge on any atom is 0.335 e. The third kappa shape index (κ3) is 4.20. The molecule has 0 aliphatic heterocycles. The fourth-order valence-electron chi connectivity index (χ4n) is 0.308. The van der Waals surface area contributed by atoms with E-state index in [2.05, 4.69) is 43.5 Å². The summed E-state index contributed by atoms with van der Waals surface area (Å²) in [5, 5.41) is -3.52. The van der Waals surface area contributed by atoms with Gasteiger partial charge < -0.3 is 0 Å². The highest BCUT2D eigenvalue weighted by Crippen LogP contribution is 2.36. The Morgan fingerprint density at radius 3 is 1.73 bits per heavy atom. The van der Waals surface area contributed by atoms with Gasteiger partial charge in [-0.1, -0.05) is 43.5 Å². The van der Waals surface area contributed by atoms with Gasteiger partial charge in [-0.05, 0) is 11.6 Å². The van der Waals surface area contributed by atoms with Crippen LogP contribution in [0, 0.1) is 0 Å². The lowest BCUT2D eigenvalue weighted by Gasteiger charge is -2.20. The van der Waals surface area contributed by atoms with E-state index >= 15 is 0 Å². The van der Waals surface area contributed by atoms with Crippen LogP contribution in [0.15, 0.2) is 0 Å². The first-order valence-corrected chi connectivity index (χ1v) is 5.04. The van der Waals surface area contributed by atoms with Crippen molar-refractivity contribution in [1.29, 1.82) is 0 Å². The first-order chi connectivity index (χ1) is 4.76. The van der Waals surface area contributed by atoms with Gasteiger partial charge in [0.25, 0.3) is 0 Å². The smallest absolute Gasteiger partial charge is 0.229 e. The summed E-state index contributed by atoms with van der Waals surface area (Å²) in [7, 11) is 0.